The summed E-state index contributed by atoms with van der Waals surface area (Å²) in [6, 6.07) is 59.8. The Morgan fingerprint density at radius 1 is 0.607 bits per heavy atom. The third-order valence-electron chi connectivity index (χ3n) is 12.2. The molecule has 4 nitrogen and oxygen atoms in total. The van der Waals surface area contributed by atoms with E-state index in [4.69, 9.17) is 9.97 Å². The van der Waals surface area contributed by atoms with Crippen molar-refractivity contribution in [2.45, 2.75) is 41.5 Å². The number of benzene rings is 7. The predicted octanol–water partition coefficient (Wildman–Crippen LogP) is 16.1. The molecule has 4 heteroatoms. The lowest BCUT2D eigenvalue weighted by atomic mass is 9.79. The number of hydrogen-bond acceptors (Lipinski definition) is 4. The first-order chi connectivity index (χ1) is 29.7. The molecule has 1 N–H and O–H groups in total. The highest BCUT2D eigenvalue weighted by molar-refractivity contribution is 5.96. The summed E-state index contributed by atoms with van der Waals surface area (Å²) in [6.07, 6.45) is 4.18. The Balaban J connectivity index is 1.18. The van der Waals surface area contributed by atoms with Crippen LogP contribution >= 0.6 is 0 Å². The van der Waals surface area contributed by atoms with Gasteiger partial charge in [-0.25, -0.2) is 9.97 Å². The largest absolute Gasteiger partial charge is 0.355 e. The first kappa shape index (κ1) is 40.7. The van der Waals surface area contributed by atoms with Crippen LogP contribution in [-0.2, 0) is 0 Å². The Morgan fingerprint density at radius 2 is 1.25 bits per heavy atom. The summed E-state index contributed by atoms with van der Waals surface area (Å²) in [6.45, 7) is 18.0. The molecular formula is C57H54N4. The van der Waals surface area contributed by atoms with Gasteiger partial charge in [0, 0.05) is 45.1 Å². The third kappa shape index (κ3) is 8.67. The fourth-order valence-electron chi connectivity index (χ4n) is 8.16. The number of allylic oxidation sites excluding steroid dienone is 2. The van der Waals surface area contributed by atoms with E-state index in [-0.39, 0.29) is 0 Å². The first-order valence-electron chi connectivity index (χ1n) is 21.4. The van der Waals surface area contributed by atoms with Crippen LogP contribution in [0.2, 0.25) is 0 Å². The van der Waals surface area contributed by atoms with Crippen molar-refractivity contribution in [3.05, 3.63) is 199 Å². The molecule has 8 rings (SSSR count). The van der Waals surface area contributed by atoms with Crippen molar-refractivity contribution in [1.82, 2.24) is 9.97 Å². The van der Waals surface area contributed by atoms with Gasteiger partial charge >= 0.3 is 0 Å². The Labute approximate surface area is 362 Å². The summed E-state index contributed by atoms with van der Waals surface area (Å²) in [4.78, 5) is 13.2. The number of nitrogens with one attached hydrogen (secondary N) is 1. The number of anilines is 5. The number of nitrogens with zero attached hydrogens (tertiary/aromatic N) is 3. The summed E-state index contributed by atoms with van der Waals surface area (Å²) >= 11 is 0. The Kier molecular flexibility index (Phi) is 12.1. The molecule has 1 heterocycles. The second-order valence-electron chi connectivity index (χ2n) is 16.4. The minimum Gasteiger partial charge on any atom is -0.355 e. The zero-order valence-electron chi connectivity index (χ0n) is 36.1. The van der Waals surface area contributed by atoms with Crippen LogP contribution in [0.15, 0.2) is 183 Å². The number of aromatic nitrogens is 2. The molecular weight excluding hydrogens is 741 g/mol. The molecule has 0 saturated heterocycles. The molecule has 0 bridgehead atoms. The van der Waals surface area contributed by atoms with Crippen LogP contribution < -0.4 is 10.2 Å². The average molecular weight is 795 g/mol. The predicted molar refractivity (Wildman–Crippen MR) is 262 cm³/mol. The van der Waals surface area contributed by atoms with Crippen molar-refractivity contribution in [2.75, 3.05) is 10.2 Å². The van der Waals surface area contributed by atoms with Crippen LogP contribution in [0.3, 0.4) is 0 Å². The van der Waals surface area contributed by atoms with Crippen molar-refractivity contribution in [2.24, 2.45) is 17.8 Å². The van der Waals surface area contributed by atoms with Gasteiger partial charge < -0.3 is 10.2 Å². The maximum Gasteiger partial charge on any atom is 0.0975 e. The molecule has 0 aliphatic heterocycles. The molecule has 0 aliphatic carbocycles. The molecule has 0 fully saturated rings. The van der Waals surface area contributed by atoms with Crippen molar-refractivity contribution >= 4 is 51.1 Å². The lowest BCUT2D eigenvalue weighted by molar-refractivity contribution is 0.351. The Bertz CT molecular complexity index is 2820. The van der Waals surface area contributed by atoms with Gasteiger partial charge in [-0.2, -0.15) is 0 Å². The molecule has 2 atom stereocenters. The zero-order chi connectivity index (χ0) is 42.5. The number of hydrogen-bond donors (Lipinski definition) is 1. The lowest BCUT2D eigenvalue weighted by Crippen LogP contribution is -2.15. The van der Waals surface area contributed by atoms with Gasteiger partial charge in [-0.15, -0.1) is 0 Å². The molecule has 0 amide bonds. The van der Waals surface area contributed by atoms with Crippen LogP contribution in [-0.4, -0.2) is 9.97 Å². The van der Waals surface area contributed by atoms with Gasteiger partial charge in [0.1, 0.15) is 0 Å². The highest BCUT2D eigenvalue weighted by Gasteiger charge is 2.22. The van der Waals surface area contributed by atoms with E-state index in [9.17, 15) is 0 Å². The molecule has 0 saturated carbocycles. The minimum atomic E-state index is 0.365. The highest BCUT2D eigenvalue weighted by atomic mass is 15.1. The van der Waals surface area contributed by atoms with Crippen molar-refractivity contribution in [3.8, 4) is 33.6 Å². The summed E-state index contributed by atoms with van der Waals surface area (Å²) in [5.41, 5.74) is 17.6. The topological polar surface area (TPSA) is 41.1 Å². The molecule has 1 aromatic heterocycles. The standard InChI is InChI=1S/C57H54N4/c1-8-18-43-20-13-15-27-53(43)58-47-31-35-50(36-32-47)61(48-23-10-9-11-24-48)49-33-29-44(30-34-49)55-57(51-25-14-12-19-39(51)4)60-56-52(26-17-28-54(56)59-55)46-22-16-21-45(37-46)42(7)41(6)40(5)38(2)3/h8-38,40-41,58H,7H2,1-6H3/b18-8+. The molecule has 0 spiro atoms. The van der Waals surface area contributed by atoms with E-state index in [2.05, 4.69) is 233 Å². The van der Waals surface area contributed by atoms with Gasteiger partial charge in [0.15, 0.2) is 0 Å². The van der Waals surface area contributed by atoms with Crippen molar-refractivity contribution in [3.63, 3.8) is 0 Å². The second-order valence-corrected chi connectivity index (χ2v) is 16.4. The Morgan fingerprint density at radius 3 is 1.97 bits per heavy atom. The molecule has 7 aromatic carbocycles. The monoisotopic (exact) mass is 794 g/mol. The maximum atomic E-state index is 5.52. The van der Waals surface area contributed by atoms with E-state index >= 15 is 0 Å². The van der Waals surface area contributed by atoms with Crippen LogP contribution in [0.5, 0.6) is 0 Å². The quantitative estimate of drug-likeness (QED) is 0.126. The smallest absolute Gasteiger partial charge is 0.0975 e. The maximum absolute atomic E-state index is 5.52. The molecule has 0 radical (unpaired) electrons. The molecule has 0 aliphatic rings. The van der Waals surface area contributed by atoms with Crippen LogP contribution in [0.25, 0.3) is 56.3 Å². The molecule has 8 aromatic rings. The van der Waals surface area contributed by atoms with E-state index in [0.717, 1.165) is 84.2 Å². The van der Waals surface area contributed by atoms with Crippen molar-refractivity contribution < 1.29 is 0 Å². The summed E-state index contributed by atoms with van der Waals surface area (Å²) in [7, 11) is 0. The highest BCUT2D eigenvalue weighted by Crippen LogP contribution is 2.40. The fourth-order valence-corrected chi connectivity index (χ4v) is 8.16. The van der Waals surface area contributed by atoms with Crippen LogP contribution in [0, 0.1) is 24.7 Å². The van der Waals surface area contributed by atoms with Gasteiger partial charge in [-0.05, 0) is 126 Å². The van der Waals surface area contributed by atoms with Gasteiger partial charge in [0.25, 0.3) is 0 Å². The number of aryl methyl sites for hydroxylation is 1. The minimum absolute atomic E-state index is 0.365. The average Bonchev–Trinajstić information content (AvgIpc) is 3.30. The zero-order valence-corrected chi connectivity index (χ0v) is 36.1. The van der Waals surface area contributed by atoms with Gasteiger partial charge in [-0.3, -0.25) is 0 Å². The third-order valence-corrected chi connectivity index (χ3v) is 12.2. The number of fused-ring (bicyclic) bond motifs is 1. The number of para-hydroxylation sites is 3. The summed E-state index contributed by atoms with van der Waals surface area (Å²) in [5.74, 6) is 1.47. The van der Waals surface area contributed by atoms with E-state index in [1.165, 1.54) is 11.1 Å². The molecule has 302 valence electrons. The van der Waals surface area contributed by atoms with Crippen LogP contribution in [0.1, 0.15) is 51.3 Å². The van der Waals surface area contributed by atoms with E-state index in [1.54, 1.807) is 0 Å². The summed E-state index contributed by atoms with van der Waals surface area (Å²) in [5, 5.41) is 3.61. The van der Waals surface area contributed by atoms with Gasteiger partial charge in [0.05, 0.1) is 22.4 Å². The van der Waals surface area contributed by atoms with Crippen LogP contribution in [0.4, 0.5) is 28.4 Å². The first-order valence-corrected chi connectivity index (χ1v) is 21.4. The SMILES string of the molecule is C=C(c1cccc(-c2cccc3nc(-c4ccc(N(c5ccccc5)c5ccc(Nc6ccccc6/C=C/C)cc5)cc4)c(-c4ccccc4C)nc23)c1)C(C)C(C)C(C)C. The van der Waals surface area contributed by atoms with Crippen molar-refractivity contribution in [1.29, 1.82) is 0 Å². The fraction of sp³-hybridized carbons (Fsp3) is 0.158. The van der Waals surface area contributed by atoms with Gasteiger partial charge in [0.2, 0.25) is 0 Å². The number of rotatable bonds is 13. The normalized spacial score (nSPS) is 12.4. The lowest BCUT2D eigenvalue weighted by Gasteiger charge is -2.26. The second kappa shape index (κ2) is 18.1. The van der Waals surface area contributed by atoms with E-state index < -0.39 is 0 Å². The molecule has 2 unspecified atom stereocenters. The van der Waals surface area contributed by atoms with Gasteiger partial charge in [-0.1, -0.05) is 150 Å². The molecule has 61 heavy (non-hydrogen) atoms. The summed E-state index contributed by atoms with van der Waals surface area (Å²) < 4.78 is 0. The Hall–Kier alpha value is -7.04. The van der Waals surface area contributed by atoms with E-state index in [0.29, 0.717) is 17.8 Å². The van der Waals surface area contributed by atoms with E-state index in [1.807, 2.05) is 6.92 Å².